The van der Waals surface area contributed by atoms with Crippen LogP contribution in [-0.4, -0.2) is 22.2 Å². The van der Waals surface area contributed by atoms with Crippen molar-refractivity contribution in [3.63, 3.8) is 0 Å². The Bertz CT molecular complexity index is 596. The minimum absolute atomic E-state index is 0.0518. The van der Waals surface area contributed by atoms with Crippen LogP contribution in [0.4, 0.5) is 4.79 Å². The van der Waals surface area contributed by atoms with Crippen LogP contribution in [0.2, 0.25) is 0 Å². The van der Waals surface area contributed by atoms with Crippen LogP contribution in [0.1, 0.15) is 28.4 Å². The Hall–Kier alpha value is -1.62. The van der Waals surface area contributed by atoms with Gasteiger partial charge in [0.05, 0.1) is 5.25 Å². The number of ketones is 1. The number of carbonyl (C=O) groups excluding carboxylic acids is 3. The van der Waals surface area contributed by atoms with Crippen molar-refractivity contribution in [2.45, 2.75) is 25.0 Å². The molecule has 2 aliphatic rings. The van der Waals surface area contributed by atoms with E-state index in [2.05, 4.69) is 5.32 Å². The zero-order chi connectivity index (χ0) is 13.6. The van der Waals surface area contributed by atoms with Gasteiger partial charge in [0.2, 0.25) is 5.91 Å². The minimum Gasteiger partial charge on any atom is -0.294 e. The molecule has 0 saturated carbocycles. The van der Waals surface area contributed by atoms with Crippen molar-refractivity contribution in [3.05, 3.63) is 34.9 Å². The van der Waals surface area contributed by atoms with Crippen molar-refractivity contribution in [2.24, 2.45) is 5.92 Å². The molecule has 0 aromatic heterocycles. The molecule has 1 aliphatic carbocycles. The van der Waals surface area contributed by atoms with Gasteiger partial charge in [-0.15, -0.1) is 0 Å². The highest BCUT2D eigenvalue weighted by atomic mass is 32.2. The van der Waals surface area contributed by atoms with Crippen molar-refractivity contribution in [3.8, 4) is 0 Å². The molecule has 4 nitrogen and oxygen atoms in total. The third-order valence-electron chi connectivity index (χ3n) is 3.60. The van der Waals surface area contributed by atoms with Crippen LogP contribution < -0.4 is 5.32 Å². The first-order chi connectivity index (χ1) is 9.04. The molecule has 1 fully saturated rings. The van der Waals surface area contributed by atoms with Crippen LogP contribution in [0.3, 0.4) is 0 Å². The molecule has 19 heavy (non-hydrogen) atoms. The fourth-order valence-electron chi connectivity index (χ4n) is 2.61. The Morgan fingerprint density at radius 3 is 2.79 bits per heavy atom. The summed E-state index contributed by atoms with van der Waals surface area (Å²) in [6.07, 6.45) is 1.29. The summed E-state index contributed by atoms with van der Waals surface area (Å²) in [5, 5.41) is 1.66. The van der Waals surface area contributed by atoms with Crippen LogP contribution in [0, 0.1) is 5.92 Å². The zero-order valence-corrected chi connectivity index (χ0v) is 11.3. The summed E-state index contributed by atoms with van der Waals surface area (Å²) in [6, 6.07) is 5.72. The third-order valence-corrected chi connectivity index (χ3v) is 4.58. The zero-order valence-electron chi connectivity index (χ0n) is 10.4. The molecule has 2 amide bonds. The van der Waals surface area contributed by atoms with Gasteiger partial charge in [-0.2, -0.15) is 0 Å². The van der Waals surface area contributed by atoms with Gasteiger partial charge in [-0.05, 0) is 24.0 Å². The van der Waals surface area contributed by atoms with Gasteiger partial charge in [0.25, 0.3) is 5.24 Å². The third kappa shape index (κ3) is 2.18. The Morgan fingerprint density at radius 1 is 1.32 bits per heavy atom. The molecule has 0 radical (unpaired) electrons. The smallest absolute Gasteiger partial charge is 0.286 e. The quantitative estimate of drug-likeness (QED) is 0.896. The number of imide groups is 1. The van der Waals surface area contributed by atoms with E-state index >= 15 is 0 Å². The first kappa shape index (κ1) is 12.4. The van der Waals surface area contributed by atoms with Gasteiger partial charge >= 0.3 is 0 Å². The average Bonchev–Trinajstić information content (AvgIpc) is 2.81. The van der Waals surface area contributed by atoms with E-state index in [-0.39, 0.29) is 28.1 Å². The van der Waals surface area contributed by atoms with Gasteiger partial charge in [0.1, 0.15) is 0 Å². The normalized spacial score (nSPS) is 25.6. The molecule has 1 N–H and O–H groups in total. The summed E-state index contributed by atoms with van der Waals surface area (Å²) < 4.78 is 0. The van der Waals surface area contributed by atoms with Gasteiger partial charge in [-0.25, -0.2) is 0 Å². The summed E-state index contributed by atoms with van der Waals surface area (Å²) >= 11 is 1.04. The summed E-state index contributed by atoms with van der Waals surface area (Å²) in [5.41, 5.74) is 2.86. The van der Waals surface area contributed by atoms with Crippen LogP contribution in [0.15, 0.2) is 18.2 Å². The number of Topliss-reactive ketones (excluding diaryl/α,β-unsaturated/α-hetero) is 1. The standard InChI is InChI=1S/C14H13NO3S/c1-7-4-9-5-8(2-3-10(9)12(7)16)6-11-13(17)15-14(18)19-11/h2-3,5,7,11H,4,6H2,1H3,(H,15,17,18). The number of amides is 2. The second kappa shape index (κ2) is 4.49. The van der Waals surface area contributed by atoms with Crippen molar-refractivity contribution >= 4 is 28.7 Å². The molecular weight excluding hydrogens is 262 g/mol. The van der Waals surface area contributed by atoms with E-state index in [0.717, 1.165) is 34.9 Å². The number of fused-ring (bicyclic) bond motifs is 1. The summed E-state index contributed by atoms with van der Waals surface area (Å²) in [7, 11) is 0. The monoisotopic (exact) mass is 275 g/mol. The fraction of sp³-hybridized carbons (Fsp3) is 0.357. The Labute approximate surface area is 114 Å². The maximum atomic E-state index is 11.8. The highest BCUT2D eigenvalue weighted by molar-refractivity contribution is 8.15. The first-order valence-electron chi connectivity index (χ1n) is 6.22. The van der Waals surface area contributed by atoms with Crippen LogP contribution in [-0.2, 0) is 17.6 Å². The molecule has 1 heterocycles. The molecule has 5 heteroatoms. The van der Waals surface area contributed by atoms with E-state index in [1.807, 2.05) is 25.1 Å². The van der Waals surface area contributed by atoms with Crippen molar-refractivity contribution in [2.75, 3.05) is 0 Å². The highest BCUT2D eigenvalue weighted by Crippen LogP contribution is 2.29. The minimum atomic E-state index is -0.347. The van der Waals surface area contributed by atoms with Crippen LogP contribution in [0.25, 0.3) is 0 Å². The maximum absolute atomic E-state index is 11.8. The number of hydrogen-bond acceptors (Lipinski definition) is 4. The molecular formula is C14H13NO3S. The number of hydrogen-bond donors (Lipinski definition) is 1. The Morgan fingerprint density at radius 2 is 2.11 bits per heavy atom. The van der Waals surface area contributed by atoms with Gasteiger partial charge in [0, 0.05) is 11.5 Å². The molecule has 1 aliphatic heterocycles. The first-order valence-corrected chi connectivity index (χ1v) is 7.10. The number of rotatable bonds is 2. The number of benzene rings is 1. The molecule has 1 aromatic rings. The van der Waals surface area contributed by atoms with E-state index < -0.39 is 0 Å². The number of nitrogens with one attached hydrogen (secondary N) is 1. The topological polar surface area (TPSA) is 63.2 Å². The SMILES string of the molecule is CC1Cc2cc(CC3SC(=O)NC3=O)ccc2C1=O. The molecule has 2 unspecified atom stereocenters. The summed E-state index contributed by atoms with van der Waals surface area (Å²) in [4.78, 5) is 34.5. The second-order valence-electron chi connectivity index (χ2n) is 5.05. The lowest BCUT2D eigenvalue weighted by Gasteiger charge is -2.07. The van der Waals surface area contributed by atoms with Crippen molar-refractivity contribution in [1.29, 1.82) is 0 Å². The van der Waals surface area contributed by atoms with E-state index in [1.165, 1.54) is 0 Å². The summed E-state index contributed by atoms with van der Waals surface area (Å²) in [6.45, 7) is 1.93. The predicted molar refractivity (Wildman–Crippen MR) is 72.3 cm³/mol. The van der Waals surface area contributed by atoms with Crippen LogP contribution in [0.5, 0.6) is 0 Å². The van der Waals surface area contributed by atoms with Gasteiger partial charge in [0.15, 0.2) is 5.78 Å². The fourth-order valence-corrected chi connectivity index (χ4v) is 3.47. The van der Waals surface area contributed by atoms with Gasteiger partial charge in [-0.3, -0.25) is 19.7 Å². The van der Waals surface area contributed by atoms with Crippen molar-refractivity contribution in [1.82, 2.24) is 5.32 Å². The summed E-state index contributed by atoms with van der Waals surface area (Å²) in [5.74, 6) is 0.0284. The van der Waals surface area contributed by atoms with Crippen LogP contribution >= 0.6 is 11.8 Å². The Kier molecular flexibility index (Phi) is 2.93. The van der Waals surface area contributed by atoms with E-state index in [9.17, 15) is 14.4 Å². The molecule has 98 valence electrons. The molecule has 2 atom stereocenters. The van der Waals surface area contributed by atoms with Gasteiger partial charge in [-0.1, -0.05) is 36.9 Å². The lowest BCUT2D eigenvalue weighted by molar-refractivity contribution is -0.118. The second-order valence-corrected chi connectivity index (χ2v) is 6.22. The highest BCUT2D eigenvalue weighted by Gasteiger charge is 2.32. The molecule has 0 bridgehead atoms. The largest absolute Gasteiger partial charge is 0.294 e. The molecule has 1 saturated heterocycles. The van der Waals surface area contributed by atoms with Crippen molar-refractivity contribution < 1.29 is 14.4 Å². The van der Waals surface area contributed by atoms with Gasteiger partial charge < -0.3 is 0 Å². The maximum Gasteiger partial charge on any atom is 0.286 e. The lowest BCUT2D eigenvalue weighted by Crippen LogP contribution is -2.25. The average molecular weight is 275 g/mol. The van der Waals surface area contributed by atoms with E-state index in [0.29, 0.717) is 6.42 Å². The molecule has 0 spiro atoms. The lowest BCUT2D eigenvalue weighted by atomic mass is 10.0. The number of thioether (sulfide) groups is 1. The molecule has 1 aromatic carbocycles. The Balaban J connectivity index is 1.81. The number of carbonyl (C=O) groups is 3. The van der Waals surface area contributed by atoms with E-state index in [1.54, 1.807) is 0 Å². The van der Waals surface area contributed by atoms with E-state index in [4.69, 9.17) is 0 Å². The molecule has 3 rings (SSSR count). The predicted octanol–water partition coefficient (Wildman–Crippen LogP) is 1.96.